The highest BCUT2D eigenvalue weighted by Gasteiger charge is 2.88. The molecule has 0 saturated carbocycles. The van der Waals surface area contributed by atoms with E-state index in [4.69, 9.17) is 5.11 Å². The molecule has 318 valence electrons. The Morgan fingerprint density at radius 3 is 0.698 bits per heavy atom. The van der Waals surface area contributed by atoms with Crippen molar-refractivity contribution < 1.29 is 147 Å². The predicted octanol–water partition coefficient (Wildman–Crippen LogP) is 8.79. The molecule has 0 saturated heterocycles. The summed E-state index contributed by atoms with van der Waals surface area (Å²) < 4.78 is 374. The zero-order valence-electron chi connectivity index (χ0n) is 23.9. The Balaban J connectivity index is 8.35. The van der Waals surface area contributed by atoms with Crippen molar-refractivity contribution in [2.75, 3.05) is 33.0 Å². The smallest absolute Gasteiger partial charge is 0.435 e. The maximum Gasteiger partial charge on any atom is 0.435 e. The molecule has 0 atom stereocenters. The van der Waals surface area contributed by atoms with Gasteiger partial charge in [0.05, 0.1) is 44.9 Å². The van der Waals surface area contributed by atoms with Gasteiger partial charge in [-0.15, -0.1) is 0 Å². The zero-order valence-corrected chi connectivity index (χ0v) is 23.9. The Morgan fingerprint density at radius 1 is 0.358 bits per heavy atom. The molecule has 0 radical (unpaired) electrons. The van der Waals surface area contributed by atoms with Crippen molar-refractivity contribution in [3.8, 4) is 0 Å². The van der Waals surface area contributed by atoms with Crippen LogP contribution in [0.1, 0.15) is 6.42 Å². The minimum absolute atomic E-state index is 1.70. The molecular weight excluding hydrogens is 849 g/mol. The summed E-state index contributed by atoms with van der Waals surface area (Å²) in [6, 6.07) is 0. The number of alkyl halides is 27. The van der Waals surface area contributed by atoms with Crippen LogP contribution in [0.3, 0.4) is 0 Å². The van der Waals surface area contributed by atoms with E-state index >= 15 is 0 Å². The molecule has 0 aromatic rings. The monoisotopic (exact) mass is 862 g/mol. The fourth-order valence-corrected chi connectivity index (χ4v) is 3.67. The van der Waals surface area contributed by atoms with Crippen LogP contribution in [0.4, 0.5) is 119 Å². The maximum absolute atomic E-state index is 13.4. The summed E-state index contributed by atoms with van der Waals surface area (Å²) in [6.07, 6.45) is -74.4. The highest BCUT2D eigenvalue weighted by Crippen LogP contribution is 2.59. The molecule has 1 N–H and O–H groups in total. The van der Waals surface area contributed by atoms with Gasteiger partial charge in [0.15, 0.2) is 0 Å². The van der Waals surface area contributed by atoms with Gasteiger partial charge in [0.2, 0.25) is 0 Å². The van der Waals surface area contributed by atoms with Gasteiger partial charge in [-0.05, 0) is 0 Å². The molecular formula is C20H13F27O6. The largest absolute Gasteiger partial charge is 0.481 e. The molecule has 0 amide bonds. The average Bonchev–Trinajstić information content (AvgIpc) is 2.79. The van der Waals surface area contributed by atoms with Gasteiger partial charge in [-0.3, -0.25) is 4.79 Å². The number of carboxylic acid groups (broad SMARTS) is 1. The van der Waals surface area contributed by atoms with Crippen molar-refractivity contribution in [1.82, 2.24) is 0 Å². The Labute approximate surface area is 272 Å². The summed E-state index contributed by atoms with van der Waals surface area (Å²) in [4.78, 5) is 10.6. The third kappa shape index (κ3) is 9.63. The van der Waals surface area contributed by atoms with Gasteiger partial charge >= 0.3 is 78.4 Å². The van der Waals surface area contributed by atoms with Crippen molar-refractivity contribution >= 4 is 5.97 Å². The van der Waals surface area contributed by atoms with E-state index in [9.17, 15) is 123 Å². The molecule has 0 fully saturated rings. The molecule has 0 unspecified atom stereocenters. The minimum atomic E-state index is -8.08. The van der Waals surface area contributed by atoms with Crippen LogP contribution in [0, 0.1) is 5.41 Å². The number of carbonyl (C=O) groups is 1. The van der Waals surface area contributed by atoms with Crippen LogP contribution in [0.25, 0.3) is 0 Å². The minimum Gasteiger partial charge on any atom is -0.481 e. The molecule has 0 rings (SSSR count). The first-order valence-electron chi connectivity index (χ1n) is 12.1. The molecule has 0 aliphatic carbocycles. The summed E-state index contributed by atoms with van der Waals surface area (Å²) in [5, 5.41) is 8.50. The second-order valence-electron chi connectivity index (χ2n) is 10.1. The first-order valence-corrected chi connectivity index (χ1v) is 12.1. The van der Waals surface area contributed by atoms with E-state index in [0.717, 1.165) is 0 Å². The van der Waals surface area contributed by atoms with Crippen LogP contribution in [-0.2, 0) is 23.7 Å². The van der Waals surface area contributed by atoms with Crippen LogP contribution < -0.4 is 0 Å². The van der Waals surface area contributed by atoms with Gasteiger partial charge in [-0.1, -0.05) is 0 Å². The van der Waals surface area contributed by atoms with Crippen LogP contribution in [0.5, 0.6) is 0 Å². The molecule has 0 spiro atoms. The Kier molecular flexibility index (Phi) is 14.1. The topological polar surface area (TPSA) is 74.2 Å². The molecule has 0 aliphatic heterocycles. The summed E-state index contributed by atoms with van der Waals surface area (Å²) >= 11 is 0. The molecule has 53 heavy (non-hydrogen) atoms. The highest BCUT2D eigenvalue weighted by atomic mass is 19.5. The Hall–Kier alpha value is -2.58. The lowest BCUT2D eigenvalue weighted by atomic mass is 9.89. The lowest BCUT2D eigenvalue weighted by Gasteiger charge is -2.45. The molecule has 0 aliphatic rings. The standard InChI is InChI=1S/C20H13F27O6/c21-12(22,23)9(13(24,25)26,14(27,28)29)51-4-8(3-50-2-1-7(48)49,5-52-10(15(30,31)32,16(33,34)35)17(36,37)38)6-53-11(18(39,40)41,19(42,43)44)20(45,46)47/h1-6H2,(H,48,49). The molecule has 0 aromatic carbocycles. The van der Waals surface area contributed by atoms with E-state index in [1.54, 1.807) is 0 Å². The number of rotatable bonds is 14. The summed E-state index contributed by atoms with van der Waals surface area (Å²) in [6.45, 7) is -17.2. The molecule has 0 heterocycles. The number of aliphatic carboxylic acids is 1. The van der Waals surface area contributed by atoms with Crippen LogP contribution in [0.15, 0.2) is 0 Å². The number of ether oxygens (including phenoxy) is 4. The lowest BCUT2D eigenvalue weighted by molar-refractivity contribution is -0.474. The van der Waals surface area contributed by atoms with Crippen molar-refractivity contribution in [3.63, 3.8) is 0 Å². The average molecular weight is 862 g/mol. The summed E-state index contributed by atoms with van der Waals surface area (Å²) in [5.74, 6) is -2.22. The van der Waals surface area contributed by atoms with Crippen molar-refractivity contribution in [2.45, 2.75) is 78.8 Å². The first-order chi connectivity index (χ1) is 22.8. The second-order valence-corrected chi connectivity index (χ2v) is 10.1. The summed E-state index contributed by atoms with van der Waals surface area (Å²) in [7, 11) is 0. The molecule has 33 heteroatoms. The molecule has 0 bridgehead atoms. The number of halogens is 27. The van der Waals surface area contributed by atoms with Gasteiger partial charge in [-0.2, -0.15) is 119 Å². The van der Waals surface area contributed by atoms with E-state index in [1.807, 2.05) is 0 Å². The van der Waals surface area contributed by atoms with E-state index in [2.05, 4.69) is 18.9 Å². The van der Waals surface area contributed by atoms with E-state index < -0.39 is 123 Å². The van der Waals surface area contributed by atoms with Crippen LogP contribution >= 0.6 is 0 Å². The third-order valence-electron chi connectivity index (χ3n) is 6.25. The molecule has 0 aromatic heterocycles. The quantitative estimate of drug-likeness (QED) is 0.139. The highest BCUT2D eigenvalue weighted by molar-refractivity contribution is 5.66. The predicted molar refractivity (Wildman–Crippen MR) is 106 cm³/mol. The second kappa shape index (κ2) is 14.8. The Morgan fingerprint density at radius 2 is 0.547 bits per heavy atom. The third-order valence-corrected chi connectivity index (χ3v) is 6.25. The van der Waals surface area contributed by atoms with E-state index in [0.29, 0.717) is 0 Å². The normalized spacial score (nSPS) is 16.0. The summed E-state index contributed by atoms with van der Waals surface area (Å²) in [5.41, 5.74) is -29.1. The van der Waals surface area contributed by atoms with Crippen molar-refractivity contribution in [2.24, 2.45) is 5.41 Å². The van der Waals surface area contributed by atoms with E-state index in [-0.39, 0.29) is 0 Å². The van der Waals surface area contributed by atoms with Crippen LogP contribution in [0.2, 0.25) is 0 Å². The fourth-order valence-electron chi connectivity index (χ4n) is 3.67. The van der Waals surface area contributed by atoms with Gasteiger partial charge in [-0.25, -0.2) is 0 Å². The number of hydrogen-bond acceptors (Lipinski definition) is 5. The first kappa shape index (κ1) is 50.4. The van der Waals surface area contributed by atoms with Gasteiger partial charge in [0, 0.05) is 0 Å². The SMILES string of the molecule is O=C(O)CCOCC(COC(C(F)(F)F)(C(F)(F)F)C(F)(F)F)(COC(C(F)(F)F)(C(F)(F)F)C(F)(F)F)COC(C(F)(F)F)(C(F)(F)F)C(F)(F)F. The van der Waals surface area contributed by atoms with Gasteiger partial charge in [0.1, 0.15) is 0 Å². The van der Waals surface area contributed by atoms with Gasteiger partial charge in [0.25, 0.3) is 0 Å². The van der Waals surface area contributed by atoms with Crippen molar-refractivity contribution in [3.05, 3.63) is 0 Å². The fraction of sp³-hybridized carbons (Fsp3) is 0.950. The zero-order chi connectivity index (χ0) is 43.1. The van der Waals surface area contributed by atoms with Gasteiger partial charge < -0.3 is 24.1 Å². The maximum atomic E-state index is 13.4. The Bertz CT molecular complexity index is 969. The van der Waals surface area contributed by atoms with E-state index in [1.165, 1.54) is 0 Å². The number of hydrogen-bond donors (Lipinski definition) is 1. The van der Waals surface area contributed by atoms with Crippen molar-refractivity contribution in [1.29, 1.82) is 0 Å². The lowest BCUT2D eigenvalue weighted by Crippen LogP contribution is -2.71. The number of carboxylic acids is 1. The van der Waals surface area contributed by atoms with Crippen LogP contribution in [-0.4, -0.2) is 117 Å². The molecule has 6 nitrogen and oxygen atoms in total.